The summed E-state index contributed by atoms with van der Waals surface area (Å²) >= 11 is 0. The van der Waals surface area contributed by atoms with Gasteiger partial charge in [-0.05, 0) is 36.8 Å². The fourth-order valence-corrected chi connectivity index (χ4v) is 2.17. The molecule has 0 atom stereocenters. The van der Waals surface area contributed by atoms with Crippen molar-refractivity contribution < 1.29 is 4.79 Å². The minimum atomic E-state index is -0.323. The molecule has 0 bridgehead atoms. The van der Waals surface area contributed by atoms with Gasteiger partial charge in [0.15, 0.2) is 0 Å². The Morgan fingerprint density at radius 3 is 2.70 bits per heavy atom. The highest BCUT2D eigenvalue weighted by Gasteiger charge is 2.12. The minimum absolute atomic E-state index is 0.253. The quantitative estimate of drug-likeness (QED) is 0.666. The van der Waals surface area contributed by atoms with Gasteiger partial charge in [-0.15, -0.1) is 0 Å². The van der Waals surface area contributed by atoms with E-state index in [1.54, 1.807) is 18.2 Å². The van der Waals surface area contributed by atoms with Crippen LogP contribution in [0.15, 0.2) is 47.3 Å². The number of H-pyrrole nitrogens is 2. The SMILES string of the molecule is Cc1cccc(NC(=O)c2cccc3[nH]c(=O)[nH]c23)c1. The Labute approximate surface area is 114 Å². The molecule has 0 unspecified atom stereocenters. The van der Waals surface area contributed by atoms with Crippen LogP contribution in [-0.2, 0) is 0 Å². The van der Waals surface area contributed by atoms with Crippen LogP contribution in [0.2, 0.25) is 0 Å². The lowest BCUT2D eigenvalue weighted by atomic mass is 10.1. The number of amides is 1. The summed E-state index contributed by atoms with van der Waals surface area (Å²) in [6, 6.07) is 12.7. The number of aromatic nitrogens is 2. The molecule has 100 valence electrons. The van der Waals surface area contributed by atoms with Crippen LogP contribution < -0.4 is 11.0 Å². The Kier molecular flexibility index (Phi) is 2.87. The van der Waals surface area contributed by atoms with E-state index in [-0.39, 0.29) is 11.6 Å². The fraction of sp³-hybridized carbons (Fsp3) is 0.0667. The van der Waals surface area contributed by atoms with E-state index >= 15 is 0 Å². The van der Waals surface area contributed by atoms with Crippen LogP contribution in [-0.4, -0.2) is 15.9 Å². The predicted molar refractivity (Wildman–Crippen MR) is 78.1 cm³/mol. The van der Waals surface area contributed by atoms with Gasteiger partial charge in [0.1, 0.15) is 0 Å². The third-order valence-corrected chi connectivity index (χ3v) is 3.07. The van der Waals surface area contributed by atoms with Crippen molar-refractivity contribution >= 4 is 22.6 Å². The molecule has 5 nitrogen and oxygen atoms in total. The van der Waals surface area contributed by atoms with E-state index in [9.17, 15) is 9.59 Å². The normalized spacial score (nSPS) is 10.7. The van der Waals surface area contributed by atoms with Crippen molar-refractivity contribution in [3.8, 4) is 0 Å². The molecule has 3 aromatic rings. The van der Waals surface area contributed by atoms with Gasteiger partial charge in [0, 0.05) is 5.69 Å². The van der Waals surface area contributed by atoms with Crippen molar-refractivity contribution in [2.75, 3.05) is 5.32 Å². The number of nitrogens with one attached hydrogen (secondary N) is 3. The maximum atomic E-state index is 12.3. The third-order valence-electron chi connectivity index (χ3n) is 3.07. The van der Waals surface area contributed by atoms with E-state index in [2.05, 4.69) is 15.3 Å². The molecule has 3 N–H and O–H groups in total. The number of hydrogen-bond acceptors (Lipinski definition) is 2. The number of para-hydroxylation sites is 1. The first kappa shape index (κ1) is 12.2. The van der Waals surface area contributed by atoms with Crippen LogP contribution in [0.4, 0.5) is 5.69 Å². The van der Waals surface area contributed by atoms with Gasteiger partial charge in [0.2, 0.25) is 0 Å². The lowest BCUT2D eigenvalue weighted by molar-refractivity contribution is 0.102. The van der Waals surface area contributed by atoms with Crippen molar-refractivity contribution in [3.05, 3.63) is 64.1 Å². The molecule has 0 aliphatic heterocycles. The van der Waals surface area contributed by atoms with Gasteiger partial charge in [-0.1, -0.05) is 18.2 Å². The maximum Gasteiger partial charge on any atom is 0.323 e. The van der Waals surface area contributed by atoms with E-state index in [4.69, 9.17) is 0 Å². The summed E-state index contributed by atoms with van der Waals surface area (Å²) < 4.78 is 0. The number of benzene rings is 2. The Morgan fingerprint density at radius 2 is 1.90 bits per heavy atom. The molecule has 0 saturated carbocycles. The molecule has 0 fully saturated rings. The Morgan fingerprint density at radius 1 is 1.10 bits per heavy atom. The number of carbonyl (C=O) groups is 1. The molecule has 5 heteroatoms. The number of anilines is 1. The number of rotatable bonds is 2. The zero-order valence-electron chi connectivity index (χ0n) is 10.9. The van der Waals surface area contributed by atoms with Gasteiger partial charge in [-0.2, -0.15) is 0 Å². The molecule has 1 amide bonds. The summed E-state index contributed by atoms with van der Waals surface area (Å²) in [6.07, 6.45) is 0. The van der Waals surface area contributed by atoms with Crippen molar-refractivity contribution in [2.24, 2.45) is 0 Å². The molecule has 3 rings (SSSR count). The largest absolute Gasteiger partial charge is 0.323 e. The first-order valence-electron chi connectivity index (χ1n) is 6.22. The number of hydrogen-bond donors (Lipinski definition) is 3. The number of aromatic amines is 2. The standard InChI is InChI=1S/C15H13N3O2/c1-9-4-2-5-10(8-9)16-14(19)11-6-3-7-12-13(11)18-15(20)17-12/h2-8H,1H3,(H,16,19)(H2,17,18,20). The van der Waals surface area contributed by atoms with Gasteiger partial charge in [-0.3, -0.25) is 4.79 Å². The highest BCUT2D eigenvalue weighted by Crippen LogP contribution is 2.16. The zero-order chi connectivity index (χ0) is 14.1. The zero-order valence-corrected chi connectivity index (χ0v) is 10.9. The van der Waals surface area contributed by atoms with Crippen LogP contribution >= 0.6 is 0 Å². The van der Waals surface area contributed by atoms with Crippen LogP contribution in [0.1, 0.15) is 15.9 Å². The molecule has 2 aromatic carbocycles. The van der Waals surface area contributed by atoms with E-state index < -0.39 is 0 Å². The van der Waals surface area contributed by atoms with E-state index in [0.29, 0.717) is 16.6 Å². The van der Waals surface area contributed by atoms with E-state index in [0.717, 1.165) is 11.3 Å². The van der Waals surface area contributed by atoms with Gasteiger partial charge in [-0.25, -0.2) is 4.79 Å². The summed E-state index contributed by atoms with van der Waals surface area (Å²) in [7, 11) is 0. The molecule has 0 aliphatic carbocycles. The molecular weight excluding hydrogens is 254 g/mol. The summed E-state index contributed by atoms with van der Waals surface area (Å²) in [6.45, 7) is 1.96. The molecule has 0 saturated heterocycles. The summed E-state index contributed by atoms with van der Waals surface area (Å²) in [4.78, 5) is 28.9. The first-order valence-corrected chi connectivity index (χ1v) is 6.22. The van der Waals surface area contributed by atoms with Crippen molar-refractivity contribution in [1.82, 2.24) is 9.97 Å². The molecule has 20 heavy (non-hydrogen) atoms. The summed E-state index contributed by atoms with van der Waals surface area (Å²) in [5.41, 5.74) is 3.04. The summed E-state index contributed by atoms with van der Waals surface area (Å²) in [5, 5.41) is 2.83. The Hall–Kier alpha value is -2.82. The molecule has 0 aliphatic rings. The molecule has 0 radical (unpaired) electrons. The van der Waals surface area contributed by atoms with Gasteiger partial charge < -0.3 is 15.3 Å². The van der Waals surface area contributed by atoms with Crippen LogP contribution in [0, 0.1) is 6.92 Å². The molecule has 1 aromatic heterocycles. The maximum absolute atomic E-state index is 12.3. The smallest absolute Gasteiger partial charge is 0.322 e. The topological polar surface area (TPSA) is 77.8 Å². The second-order valence-electron chi connectivity index (χ2n) is 4.63. The van der Waals surface area contributed by atoms with Crippen molar-refractivity contribution in [1.29, 1.82) is 0 Å². The molecule has 1 heterocycles. The fourth-order valence-electron chi connectivity index (χ4n) is 2.17. The number of fused-ring (bicyclic) bond motifs is 1. The van der Waals surface area contributed by atoms with E-state index in [1.165, 1.54) is 0 Å². The van der Waals surface area contributed by atoms with Crippen LogP contribution in [0.3, 0.4) is 0 Å². The highest BCUT2D eigenvalue weighted by molar-refractivity contribution is 6.11. The number of carbonyl (C=O) groups excluding carboxylic acids is 1. The highest BCUT2D eigenvalue weighted by atomic mass is 16.2. The van der Waals surface area contributed by atoms with Crippen LogP contribution in [0.5, 0.6) is 0 Å². The first-order chi connectivity index (χ1) is 9.63. The van der Waals surface area contributed by atoms with Crippen molar-refractivity contribution in [3.63, 3.8) is 0 Å². The lowest BCUT2D eigenvalue weighted by Crippen LogP contribution is -2.12. The monoisotopic (exact) mass is 267 g/mol. The second kappa shape index (κ2) is 4.70. The molecular formula is C15H13N3O2. The Bertz CT molecular complexity index is 845. The Balaban J connectivity index is 1.98. The predicted octanol–water partition coefficient (Wildman–Crippen LogP) is 2.42. The average Bonchev–Trinajstić information content (AvgIpc) is 2.78. The summed E-state index contributed by atoms with van der Waals surface area (Å²) in [5.74, 6) is -0.253. The average molecular weight is 267 g/mol. The van der Waals surface area contributed by atoms with Gasteiger partial charge >= 0.3 is 5.69 Å². The lowest BCUT2D eigenvalue weighted by Gasteiger charge is -2.06. The van der Waals surface area contributed by atoms with E-state index in [1.807, 2.05) is 31.2 Å². The van der Waals surface area contributed by atoms with Crippen molar-refractivity contribution in [2.45, 2.75) is 6.92 Å². The number of imidazole rings is 1. The van der Waals surface area contributed by atoms with Gasteiger partial charge in [0.05, 0.1) is 16.6 Å². The second-order valence-corrected chi connectivity index (χ2v) is 4.63. The van der Waals surface area contributed by atoms with Crippen LogP contribution in [0.25, 0.3) is 11.0 Å². The third kappa shape index (κ3) is 2.21. The van der Waals surface area contributed by atoms with Gasteiger partial charge in [0.25, 0.3) is 5.91 Å². The minimum Gasteiger partial charge on any atom is -0.322 e. The molecule has 0 spiro atoms. The number of aryl methyl sites for hydroxylation is 1.